The number of carbonyl (C=O) groups is 1. The van der Waals surface area contributed by atoms with E-state index in [9.17, 15) is 4.79 Å². The maximum Gasteiger partial charge on any atom is 0.243 e. The molecule has 0 aliphatic carbocycles. The van der Waals surface area contributed by atoms with Gasteiger partial charge >= 0.3 is 0 Å². The summed E-state index contributed by atoms with van der Waals surface area (Å²) in [6.45, 7) is 6.08. The minimum absolute atomic E-state index is 0.225. The summed E-state index contributed by atoms with van der Waals surface area (Å²) in [5, 5.41) is 2.56. The SMILES string of the molecule is C=CC(=O)NCC(OC)OCC. The molecule has 0 fully saturated rings. The molecule has 0 radical (unpaired) electrons. The van der Waals surface area contributed by atoms with Crippen LogP contribution in [-0.4, -0.2) is 32.5 Å². The molecular weight excluding hydrogens is 158 g/mol. The number of carbonyl (C=O) groups excluding carboxylic acids is 1. The summed E-state index contributed by atoms with van der Waals surface area (Å²) >= 11 is 0. The lowest BCUT2D eigenvalue weighted by molar-refractivity contribution is -0.129. The molecule has 0 aliphatic heterocycles. The van der Waals surface area contributed by atoms with Crippen molar-refractivity contribution in [1.82, 2.24) is 5.32 Å². The van der Waals surface area contributed by atoms with Crippen LogP contribution in [0.2, 0.25) is 0 Å². The summed E-state index contributed by atoms with van der Waals surface area (Å²) in [6.07, 6.45) is 0.831. The Hall–Kier alpha value is -0.870. The fourth-order valence-electron chi connectivity index (χ4n) is 0.652. The number of amides is 1. The molecule has 70 valence electrons. The molecule has 1 atom stereocenters. The van der Waals surface area contributed by atoms with Crippen molar-refractivity contribution >= 4 is 5.91 Å². The van der Waals surface area contributed by atoms with Crippen LogP contribution in [0.15, 0.2) is 12.7 Å². The molecule has 12 heavy (non-hydrogen) atoms. The monoisotopic (exact) mass is 173 g/mol. The van der Waals surface area contributed by atoms with Crippen LogP contribution in [0.25, 0.3) is 0 Å². The summed E-state index contributed by atoms with van der Waals surface area (Å²) in [5.41, 5.74) is 0. The maximum atomic E-state index is 10.7. The Kier molecular flexibility index (Phi) is 6.32. The summed E-state index contributed by atoms with van der Waals surface area (Å²) < 4.78 is 10.0. The van der Waals surface area contributed by atoms with Gasteiger partial charge in [0.25, 0.3) is 0 Å². The second-order valence-electron chi connectivity index (χ2n) is 2.07. The number of hydrogen-bond acceptors (Lipinski definition) is 3. The van der Waals surface area contributed by atoms with Crippen molar-refractivity contribution in [3.63, 3.8) is 0 Å². The first-order chi connectivity index (χ1) is 5.74. The van der Waals surface area contributed by atoms with Crippen LogP contribution in [0.5, 0.6) is 0 Å². The van der Waals surface area contributed by atoms with Crippen LogP contribution in [0, 0.1) is 0 Å². The van der Waals surface area contributed by atoms with Crippen molar-refractivity contribution in [3.05, 3.63) is 12.7 Å². The van der Waals surface area contributed by atoms with Crippen molar-refractivity contribution in [2.24, 2.45) is 0 Å². The fraction of sp³-hybridized carbons (Fsp3) is 0.625. The average Bonchev–Trinajstić information content (AvgIpc) is 2.11. The van der Waals surface area contributed by atoms with Crippen LogP contribution < -0.4 is 5.32 Å². The summed E-state index contributed by atoms with van der Waals surface area (Å²) in [5.74, 6) is -0.225. The highest BCUT2D eigenvalue weighted by Gasteiger charge is 2.06. The van der Waals surface area contributed by atoms with Crippen molar-refractivity contribution in [2.45, 2.75) is 13.2 Å². The molecule has 1 unspecified atom stereocenters. The molecule has 0 aromatic carbocycles. The molecule has 0 heterocycles. The Morgan fingerprint density at radius 1 is 1.75 bits per heavy atom. The summed E-state index contributed by atoms with van der Waals surface area (Å²) in [4.78, 5) is 10.7. The number of rotatable bonds is 6. The molecule has 1 N–H and O–H groups in total. The standard InChI is InChI=1S/C8H15NO3/c1-4-7(10)9-6-8(11-3)12-5-2/h4,8H,1,5-6H2,2-3H3,(H,9,10). The van der Waals surface area contributed by atoms with Crippen LogP contribution in [0.1, 0.15) is 6.92 Å². The van der Waals surface area contributed by atoms with Gasteiger partial charge < -0.3 is 14.8 Å². The number of ether oxygens (including phenoxy) is 2. The maximum absolute atomic E-state index is 10.7. The summed E-state index contributed by atoms with van der Waals surface area (Å²) in [7, 11) is 1.53. The van der Waals surface area contributed by atoms with Gasteiger partial charge in [0.05, 0.1) is 6.54 Å². The van der Waals surface area contributed by atoms with Gasteiger partial charge in [-0.1, -0.05) is 6.58 Å². The minimum atomic E-state index is -0.376. The van der Waals surface area contributed by atoms with E-state index in [0.717, 1.165) is 0 Å². The molecule has 0 aromatic rings. The number of nitrogens with one attached hydrogen (secondary N) is 1. The Bertz CT molecular complexity index is 147. The third kappa shape index (κ3) is 4.87. The number of methoxy groups -OCH3 is 1. The Balaban J connectivity index is 3.56. The van der Waals surface area contributed by atoms with Gasteiger partial charge in [0.2, 0.25) is 5.91 Å². The molecular formula is C8H15NO3. The molecule has 0 saturated carbocycles. The van der Waals surface area contributed by atoms with E-state index in [2.05, 4.69) is 11.9 Å². The summed E-state index contributed by atoms with van der Waals surface area (Å²) in [6, 6.07) is 0. The highest BCUT2D eigenvalue weighted by Crippen LogP contribution is 1.90. The van der Waals surface area contributed by atoms with Gasteiger partial charge in [0.1, 0.15) is 0 Å². The van der Waals surface area contributed by atoms with Crippen LogP contribution in [-0.2, 0) is 14.3 Å². The lowest BCUT2D eigenvalue weighted by atomic mass is 10.5. The molecule has 0 saturated heterocycles. The zero-order valence-electron chi connectivity index (χ0n) is 7.50. The molecule has 4 heteroatoms. The second kappa shape index (κ2) is 6.82. The predicted octanol–water partition coefficient (Wildman–Crippen LogP) is 0.298. The van der Waals surface area contributed by atoms with Crippen molar-refractivity contribution in [1.29, 1.82) is 0 Å². The van der Waals surface area contributed by atoms with Gasteiger partial charge in [0, 0.05) is 13.7 Å². The lowest BCUT2D eigenvalue weighted by Gasteiger charge is -2.14. The molecule has 0 aliphatic rings. The Morgan fingerprint density at radius 2 is 2.42 bits per heavy atom. The zero-order valence-corrected chi connectivity index (χ0v) is 7.50. The van der Waals surface area contributed by atoms with Crippen LogP contribution >= 0.6 is 0 Å². The third-order valence-corrected chi connectivity index (χ3v) is 1.24. The topological polar surface area (TPSA) is 47.6 Å². The van der Waals surface area contributed by atoms with E-state index in [-0.39, 0.29) is 12.2 Å². The first-order valence-corrected chi connectivity index (χ1v) is 3.79. The van der Waals surface area contributed by atoms with E-state index in [0.29, 0.717) is 13.2 Å². The molecule has 0 bridgehead atoms. The molecule has 4 nitrogen and oxygen atoms in total. The van der Waals surface area contributed by atoms with Crippen LogP contribution in [0.3, 0.4) is 0 Å². The largest absolute Gasteiger partial charge is 0.354 e. The van der Waals surface area contributed by atoms with Crippen molar-refractivity contribution in [2.75, 3.05) is 20.3 Å². The number of hydrogen-bond donors (Lipinski definition) is 1. The van der Waals surface area contributed by atoms with Gasteiger partial charge in [-0.2, -0.15) is 0 Å². The van der Waals surface area contributed by atoms with E-state index < -0.39 is 0 Å². The Labute approximate surface area is 72.5 Å². The van der Waals surface area contributed by atoms with Gasteiger partial charge in [-0.3, -0.25) is 4.79 Å². The van der Waals surface area contributed by atoms with Gasteiger partial charge in [-0.05, 0) is 13.0 Å². The molecule has 1 amide bonds. The predicted molar refractivity (Wildman–Crippen MR) is 45.6 cm³/mol. The first-order valence-electron chi connectivity index (χ1n) is 3.79. The Morgan fingerprint density at radius 3 is 2.83 bits per heavy atom. The van der Waals surface area contributed by atoms with E-state index in [1.54, 1.807) is 0 Å². The van der Waals surface area contributed by atoms with E-state index in [4.69, 9.17) is 9.47 Å². The van der Waals surface area contributed by atoms with Crippen molar-refractivity contribution in [3.8, 4) is 0 Å². The first kappa shape index (κ1) is 11.1. The molecule has 0 spiro atoms. The molecule has 0 aromatic heterocycles. The second-order valence-corrected chi connectivity index (χ2v) is 2.07. The quantitative estimate of drug-likeness (QED) is 0.464. The van der Waals surface area contributed by atoms with Gasteiger partial charge in [-0.15, -0.1) is 0 Å². The van der Waals surface area contributed by atoms with E-state index in [1.807, 2.05) is 6.92 Å². The third-order valence-electron chi connectivity index (χ3n) is 1.24. The smallest absolute Gasteiger partial charge is 0.243 e. The molecule has 0 rings (SSSR count). The lowest BCUT2D eigenvalue weighted by Crippen LogP contribution is -2.33. The average molecular weight is 173 g/mol. The fourth-order valence-corrected chi connectivity index (χ4v) is 0.652. The highest BCUT2D eigenvalue weighted by atomic mass is 16.7. The minimum Gasteiger partial charge on any atom is -0.354 e. The normalized spacial score (nSPS) is 12.2. The van der Waals surface area contributed by atoms with Crippen LogP contribution in [0.4, 0.5) is 0 Å². The highest BCUT2D eigenvalue weighted by molar-refractivity contribution is 5.86. The van der Waals surface area contributed by atoms with Gasteiger partial charge in [-0.25, -0.2) is 0 Å². The van der Waals surface area contributed by atoms with Gasteiger partial charge in [0.15, 0.2) is 6.29 Å². The van der Waals surface area contributed by atoms with E-state index in [1.165, 1.54) is 13.2 Å². The van der Waals surface area contributed by atoms with E-state index >= 15 is 0 Å². The zero-order chi connectivity index (χ0) is 9.40. The van der Waals surface area contributed by atoms with Crippen molar-refractivity contribution < 1.29 is 14.3 Å².